The second-order valence-corrected chi connectivity index (χ2v) is 3.08. The van der Waals surface area contributed by atoms with Crippen LogP contribution in [-0.4, -0.2) is 14.8 Å². The van der Waals surface area contributed by atoms with Crippen LogP contribution in [0.2, 0.25) is 0 Å². The molecule has 2 rings (SSSR count). The van der Waals surface area contributed by atoms with Gasteiger partial charge in [-0.2, -0.15) is 5.10 Å². The van der Waals surface area contributed by atoms with Crippen molar-refractivity contribution in [3.8, 4) is 0 Å². The quantitative estimate of drug-likeness (QED) is 0.589. The minimum atomic E-state index is -0.0634. The number of nitrogens with one attached hydrogen (secondary N) is 1. The molecule has 0 aliphatic carbocycles. The van der Waals surface area contributed by atoms with Crippen LogP contribution in [-0.2, 0) is 6.54 Å². The molecule has 0 fully saturated rings. The fraction of sp³-hybridized carbons (Fsp3) is 0.714. The number of aromatic amines is 1. The van der Waals surface area contributed by atoms with Crippen LogP contribution in [0.3, 0.4) is 0 Å². The summed E-state index contributed by atoms with van der Waals surface area (Å²) in [4.78, 5) is 11.1. The van der Waals surface area contributed by atoms with Gasteiger partial charge in [0.15, 0.2) is 0 Å². The fourth-order valence-electron chi connectivity index (χ4n) is 1.61. The summed E-state index contributed by atoms with van der Waals surface area (Å²) in [6.45, 7) is 2.93. The van der Waals surface area contributed by atoms with Crippen molar-refractivity contribution >= 4 is 0 Å². The Morgan fingerprint density at radius 2 is 2.55 bits per heavy atom. The molecule has 1 atom stereocenters. The minimum Gasteiger partial charge on any atom is -0.279 e. The Morgan fingerprint density at radius 3 is 3.27 bits per heavy atom. The van der Waals surface area contributed by atoms with Crippen molar-refractivity contribution in [1.29, 1.82) is 0 Å². The van der Waals surface area contributed by atoms with E-state index in [1.54, 1.807) is 4.57 Å². The molecule has 1 aromatic heterocycles. The van der Waals surface area contributed by atoms with Gasteiger partial charge < -0.3 is 0 Å². The summed E-state index contributed by atoms with van der Waals surface area (Å²) in [5.74, 6) is 1.35. The third-order valence-electron chi connectivity index (χ3n) is 2.25. The fourth-order valence-corrected chi connectivity index (χ4v) is 1.61. The summed E-state index contributed by atoms with van der Waals surface area (Å²) in [7, 11) is 0. The van der Waals surface area contributed by atoms with Gasteiger partial charge >= 0.3 is 5.69 Å². The van der Waals surface area contributed by atoms with E-state index in [1.165, 1.54) is 0 Å². The monoisotopic (exact) mass is 153 g/mol. The van der Waals surface area contributed by atoms with E-state index in [4.69, 9.17) is 0 Å². The van der Waals surface area contributed by atoms with Crippen LogP contribution >= 0.6 is 0 Å². The van der Waals surface area contributed by atoms with E-state index in [2.05, 4.69) is 17.1 Å². The van der Waals surface area contributed by atoms with Crippen molar-refractivity contribution in [2.24, 2.45) is 0 Å². The molecule has 1 aromatic rings. The van der Waals surface area contributed by atoms with Gasteiger partial charge in [-0.1, -0.05) is 6.92 Å². The highest BCUT2D eigenvalue weighted by atomic mass is 16.1. The van der Waals surface area contributed by atoms with Gasteiger partial charge in [0, 0.05) is 12.5 Å². The Kier molecular flexibility index (Phi) is 1.34. The summed E-state index contributed by atoms with van der Waals surface area (Å²) in [5, 5.41) is 6.43. The smallest absolute Gasteiger partial charge is 0.279 e. The van der Waals surface area contributed by atoms with Gasteiger partial charge in [0.25, 0.3) is 0 Å². The number of rotatable bonds is 0. The van der Waals surface area contributed by atoms with E-state index in [9.17, 15) is 4.79 Å². The van der Waals surface area contributed by atoms with E-state index < -0.39 is 0 Å². The number of fused-ring (bicyclic) bond motifs is 1. The molecule has 0 amide bonds. The average molecular weight is 153 g/mol. The highest BCUT2D eigenvalue weighted by Crippen LogP contribution is 2.22. The van der Waals surface area contributed by atoms with Gasteiger partial charge in [0.2, 0.25) is 0 Å². The second kappa shape index (κ2) is 2.22. The number of hydrogen-bond donors (Lipinski definition) is 1. The molecule has 0 saturated heterocycles. The van der Waals surface area contributed by atoms with Gasteiger partial charge in [0.1, 0.15) is 5.82 Å². The van der Waals surface area contributed by atoms with E-state index in [-0.39, 0.29) is 5.69 Å². The molecular formula is C7H11N3O. The van der Waals surface area contributed by atoms with Gasteiger partial charge in [0.05, 0.1) is 0 Å². The average Bonchev–Trinajstić information content (AvgIpc) is 2.35. The maximum absolute atomic E-state index is 11.1. The van der Waals surface area contributed by atoms with E-state index in [0.29, 0.717) is 5.92 Å². The van der Waals surface area contributed by atoms with E-state index in [1.807, 2.05) is 0 Å². The van der Waals surface area contributed by atoms with Crippen LogP contribution < -0.4 is 5.69 Å². The van der Waals surface area contributed by atoms with Crippen molar-refractivity contribution in [2.45, 2.75) is 32.2 Å². The second-order valence-electron chi connectivity index (χ2n) is 3.08. The third kappa shape index (κ3) is 0.895. The van der Waals surface area contributed by atoms with Crippen LogP contribution in [0.4, 0.5) is 0 Å². The minimum absolute atomic E-state index is 0.0634. The lowest BCUT2D eigenvalue weighted by Gasteiger charge is -2.17. The number of aromatic nitrogens is 3. The van der Waals surface area contributed by atoms with Gasteiger partial charge in [-0.05, 0) is 12.8 Å². The molecule has 11 heavy (non-hydrogen) atoms. The zero-order valence-corrected chi connectivity index (χ0v) is 6.50. The Morgan fingerprint density at radius 1 is 1.73 bits per heavy atom. The molecule has 4 heteroatoms. The molecule has 0 bridgehead atoms. The zero-order valence-electron chi connectivity index (χ0n) is 6.50. The molecule has 0 spiro atoms. The summed E-state index contributed by atoms with van der Waals surface area (Å²) in [6.07, 6.45) is 2.23. The Labute approximate surface area is 64.2 Å². The van der Waals surface area contributed by atoms with Crippen molar-refractivity contribution in [3.63, 3.8) is 0 Å². The van der Waals surface area contributed by atoms with Crippen molar-refractivity contribution in [2.75, 3.05) is 0 Å². The molecule has 1 N–H and O–H groups in total. The maximum Gasteiger partial charge on any atom is 0.343 e. The molecule has 4 nitrogen and oxygen atoms in total. The first-order valence-corrected chi connectivity index (χ1v) is 3.94. The lowest BCUT2D eigenvalue weighted by atomic mass is 10.0. The zero-order chi connectivity index (χ0) is 7.84. The maximum atomic E-state index is 11.1. The normalized spacial score (nSPS) is 23.2. The Balaban J connectivity index is 2.55. The first-order valence-electron chi connectivity index (χ1n) is 3.94. The molecule has 2 heterocycles. The predicted molar refractivity (Wildman–Crippen MR) is 40.5 cm³/mol. The van der Waals surface area contributed by atoms with Crippen LogP contribution in [0.5, 0.6) is 0 Å². The van der Waals surface area contributed by atoms with Crippen LogP contribution in [0.1, 0.15) is 31.5 Å². The lowest BCUT2D eigenvalue weighted by molar-refractivity contribution is 0.457. The summed E-state index contributed by atoms with van der Waals surface area (Å²) in [5.41, 5.74) is -0.0634. The van der Waals surface area contributed by atoms with Gasteiger partial charge in [-0.15, -0.1) is 0 Å². The predicted octanol–water partition coefficient (Wildman–Crippen LogP) is 0.469. The van der Waals surface area contributed by atoms with Crippen LogP contribution in [0.15, 0.2) is 4.79 Å². The standard InChI is InChI=1S/C7H11N3O/c1-5-3-2-4-10-6(5)8-9-7(10)11/h5H,2-4H2,1H3,(H,9,11). The molecule has 0 saturated carbocycles. The molecule has 0 aromatic carbocycles. The summed E-state index contributed by atoms with van der Waals surface area (Å²) < 4.78 is 1.73. The third-order valence-corrected chi connectivity index (χ3v) is 2.25. The highest BCUT2D eigenvalue weighted by Gasteiger charge is 2.19. The van der Waals surface area contributed by atoms with Crippen LogP contribution in [0.25, 0.3) is 0 Å². The first kappa shape index (κ1) is 6.64. The van der Waals surface area contributed by atoms with E-state index >= 15 is 0 Å². The van der Waals surface area contributed by atoms with Gasteiger partial charge in [-0.25, -0.2) is 9.89 Å². The molecule has 1 aliphatic heterocycles. The number of hydrogen-bond acceptors (Lipinski definition) is 2. The summed E-state index contributed by atoms with van der Waals surface area (Å²) in [6, 6.07) is 0. The van der Waals surface area contributed by atoms with Gasteiger partial charge in [-0.3, -0.25) is 4.57 Å². The topological polar surface area (TPSA) is 50.7 Å². The largest absolute Gasteiger partial charge is 0.343 e. The Hall–Kier alpha value is -1.06. The van der Waals surface area contributed by atoms with Crippen molar-refractivity contribution < 1.29 is 0 Å². The van der Waals surface area contributed by atoms with Crippen molar-refractivity contribution in [1.82, 2.24) is 14.8 Å². The highest BCUT2D eigenvalue weighted by molar-refractivity contribution is 4.97. The lowest BCUT2D eigenvalue weighted by Crippen LogP contribution is -2.23. The molecule has 60 valence electrons. The number of nitrogens with zero attached hydrogens (tertiary/aromatic N) is 2. The number of H-pyrrole nitrogens is 1. The molecule has 1 unspecified atom stereocenters. The SMILES string of the molecule is CC1CCCn2c1n[nH]c2=O. The molecule has 0 radical (unpaired) electrons. The van der Waals surface area contributed by atoms with Crippen molar-refractivity contribution in [3.05, 3.63) is 16.3 Å². The molecular weight excluding hydrogens is 142 g/mol. The summed E-state index contributed by atoms with van der Waals surface area (Å²) >= 11 is 0. The van der Waals surface area contributed by atoms with E-state index in [0.717, 1.165) is 25.2 Å². The molecule has 1 aliphatic rings. The Bertz CT molecular complexity index is 312. The first-order chi connectivity index (χ1) is 5.29. The van der Waals surface area contributed by atoms with Crippen LogP contribution in [0, 0.1) is 0 Å².